The van der Waals surface area contributed by atoms with Crippen LogP contribution in [-0.2, 0) is 4.79 Å². The number of hydrogen-bond donors (Lipinski definition) is 3. The van der Waals surface area contributed by atoms with E-state index in [1.54, 1.807) is 0 Å². The Morgan fingerprint density at radius 2 is 2.10 bits per heavy atom. The van der Waals surface area contributed by atoms with E-state index in [0.29, 0.717) is 6.54 Å². The number of anilines is 1. The number of likely N-dealkylation sites (tertiary alicyclic amines) is 1. The van der Waals surface area contributed by atoms with Gasteiger partial charge in [-0.15, -0.1) is 0 Å². The van der Waals surface area contributed by atoms with Gasteiger partial charge in [-0.1, -0.05) is 0 Å². The number of amides is 1. The number of piperidine rings is 1. The van der Waals surface area contributed by atoms with E-state index in [1.807, 2.05) is 20.9 Å². The molecule has 0 atom stereocenters. The molecular weight excluding hydrogens is 266 g/mol. The van der Waals surface area contributed by atoms with Gasteiger partial charge in [0.15, 0.2) is 0 Å². The van der Waals surface area contributed by atoms with Crippen molar-refractivity contribution in [3.05, 3.63) is 11.4 Å². The lowest BCUT2D eigenvalue weighted by atomic mass is 9.93. The molecule has 0 aromatic carbocycles. The minimum atomic E-state index is 0.0521. The molecule has 0 radical (unpaired) electrons. The van der Waals surface area contributed by atoms with E-state index in [-0.39, 0.29) is 5.91 Å². The van der Waals surface area contributed by atoms with Gasteiger partial charge in [0.1, 0.15) is 0 Å². The Morgan fingerprint density at radius 1 is 1.38 bits per heavy atom. The van der Waals surface area contributed by atoms with Gasteiger partial charge < -0.3 is 10.6 Å². The van der Waals surface area contributed by atoms with Gasteiger partial charge >= 0.3 is 0 Å². The van der Waals surface area contributed by atoms with Crippen molar-refractivity contribution in [3.63, 3.8) is 0 Å². The molecule has 0 saturated carbocycles. The quantitative estimate of drug-likeness (QED) is 0.739. The zero-order chi connectivity index (χ0) is 15.2. The summed E-state index contributed by atoms with van der Waals surface area (Å²) in [5.41, 5.74) is 2.57. The smallest absolute Gasteiger partial charge is 0.238 e. The fourth-order valence-corrected chi connectivity index (χ4v) is 2.90. The lowest BCUT2D eigenvalue weighted by Crippen LogP contribution is -2.39. The number of rotatable bonds is 6. The molecule has 1 fully saturated rings. The lowest BCUT2D eigenvalue weighted by molar-refractivity contribution is -0.117. The second kappa shape index (κ2) is 7.56. The van der Waals surface area contributed by atoms with Gasteiger partial charge in [-0.05, 0) is 65.7 Å². The van der Waals surface area contributed by atoms with Crippen molar-refractivity contribution < 1.29 is 4.79 Å². The van der Waals surface area contributed by atoms with Crippen LogP contribution in [0.1, 0.15) is 30.7 Å². The zero-order valence-corrected chi connectivity index (χ0v) is 13.3. The van der Waals surface area contributed by atoms with Crippen molar-refractivity contribution in [2.45, 2.75) is 33.1 Å². The molecule has 0 spiro atoms. The fourth-order valence-electron chi connectivity index (χ4n) is 2.90. The van der Waals surface area contributed by atoms with Crippen molar-refractivity contribution in [1.82, 2.24) is 20.4 Å². The molecular formula is C15H27N5O. The molecule has 1 aromatic heterocycles. The second-order valence-electron chi connectivity index (χ2n) is 5.97. The molecule has 1 aliphatic rings. The van der Waals surface area contributed by atoms with Crippen molar-refractivity contribution >= 4 is 11.6 Å². The maximum absolute atomic E-state index is 12.1. The Hall–Kier alpha value is -1.40. The summed E-state index contributed by atoms with van der Waals surface area (Å²) in [5, 5.41) is 13.2. The van der Waals surface area contributed by atoms with Gasteiger partial charge in [0, 0.05) is 0 Å². The van der Waals surface area contributed by atoms with Crippen LogP contribution in [0, 0.1) is 19.8 Å². The Labute approximate surface area is 126 Å². The number of hydrogen-bond acceptors (Lipinski definition) is 4. The lowest BCUT2D eigenvalue weighted by Gasteiger charge is -2.31. The first-order valence-electron chi connectivity index (χ1n) is 7.78. The molecule has 2 rings (SSSR count). The van der Waals surface area contributed by atoms with Crippen LogP contribution >= 0.6 is 0 Å². The Balaban J connectivity index is 1.74. The molecule has 0 bridgehead atoms. The predicted octanol–water partition coefficient (Wildman–Crippen LogP) is 1.29. The summed E-state index contributed by atoms with van der Waals surface area (Å²) in [4.78, 5) is 14.4. The molecule has 6 nitrogen and oxygen atoms in total. The Morgan fingerprint density at radius 3 is 2.67 bits per heavy atom. The molecule has 1 aliphatic heterocycles. The normalized spacial score (nSPS) is 17.1. The first-order chi connectivity index (χ1) is 10.1. The van der Waals surface area contributed by atoms with E-state index in [2.05, 4.69) is 25.7 Å². The number of nitrogens with one attached hydrogen (secondary N) is 3. The summed E-state index contributed by atoms with van der Waals surface area (Å²) in [7, 11) is 2.00. The van der Waals surface area contributed by atoms with Crippen molar-refractivity contribution in [3.8, 4) is 0 Å². The van der Waals surface area contributed by atoms with E-state index in [4.69, 9.17) is 0 Å². The summed E-state index contributed by atoms with van der Waals surface area (Å²) in [6, 6.07) is 0. The van der Waals surface area contributed by atoms with Gasteiger partial charge in [-0.3, -0.25) is 14.8 Å². The number of aromatic amines is 1. The van der Waals surface area contributed by atoms with Crippen molar-refractivity contribution in [2.75, 3.05) is 38.5 Å². The molecule has 1 saturated heterocycles. The van der Waals surface area contributed by atoms with E-state index < -0.39 is 0 Å². The second-order valence-corrected chi connectivity index (χ2v) is 5.97. The third kappa shape index (κ3) is 4.54. The van der Waals surface area contributed by atoms with E-state index in [9.17, 15) is 4.79 Å². The van der Waals surface area contributed by atoms with Crippen LogP contribution in [0.5, 0.6) is 0 Å². The maximum atomic E-state index is 12.1. The average Bonchev–Trinajstić information content (AvgIpc) is 2.78. The fraction of sp³-hybridized carbons (Fsp3) is 0.733. The van der Waals surface area contributed by atoms with Crippen LogP contribution in [0.15, 0.2) is 0 Å². The number of H-pyrrole nitrogens is 1. The molecule has 0 aliphatic carbocycles. The third-order valence-electron chi connectivity index (χ3n) is 4.27. The van der Waals surface area contributed by atoms with Crippen LogP contribution < -0.4 is 10.6 Å². The van der Waals surface area contributed by atoms with Crippen LogP contribution in [0.3, 0.4) is 0 Å². The summed E-state index contributed by atoms with van der Waals surface area (Å²) in [6.07, 6.45) is 3.63. The number of aryl methyl sites for hydroxylation is 2. The van der Waals surface area contributed by atoms with Crippen molar-refractivity contribution in [1.29, 1.82) is 0 Å². The van der Waals surface area contributed by atoms with Gasteiger partial charge in [0.05, 0.1) is 23.6 Å². The van der Waals surface area contributed by atoms with Gasteiger partial charge in [-0.2, -0.15) is 5.10 Å². The topological polar surface area (TPSA) is 73.1 Å². The largest absolute Gasteiger partial charge is 0.322 e. The van der Waals surface area contributed by atoms with E-state index in [0.717, 1.165) is 42.6 Å². The summed E-state index contributed by atoms with van der Waals surface area (Å²) in [5.74, 6) is 0.853. The highest BCUT2D eigenvalue weighted by atomic mass is 16.2. The SMILES string of the molecule is CNCCC1CCN(CC(=O)Nc2c(C)n[nH]c2C)CC1. The van der Waals surface area contributed by atoms with Gasteiger partial charge in [0.2, 0.25) is 5.91 Å². The number of carbonyl (C=O) groups is 1. The number of aromatic nitrogens is 2. The molecule has 21 heavy (non-hydrogen) atoms. The highest BCUT2D eigenvalue weighted by molar-refractivity contribution is 5.93. The third-order valence-corrected chi connectivity index (χ3v) is 4.27. The van der Waals surface area contributed by atoms with Crippen LogP contribution in [-0.4, -0.2) is 54.2 Å². The van der Waals surface area contributed by atoms with Crippen molar-refractivity contribution in [2.24, 2.45) is 5.92 Å². The first-order valence-corrected chi connectivity index (χ1v) is 7.78. The Bertz CT molecular complexity index is 443. The standard InChI is InChI=1S/C15H27N5O/c1-11-15(12(2)19-18-11)17-14(21)10-20-8-5-13(6-9-20)4-7-16-3/h13,16H,4-10H2,1-3H3,(H,17,21)(H,18,19). The first kappa shape index (κ1) is 16.0. The summed E-state index contributed by atoms with van der Waals surface area (Å²) < 4.78 is 0. The molecule has 118 valence electrons. The van der Waals surface area contributed by atoms with Crippen LogP contribution in [0.4, 0.5) is 5.69 Å². The Kier molecular flexibility index (Phi) is 5.76. The molecule has 3 N–H and O–H groups in total. The molecule has 1 amide bonds. The number of nitrogens with zero attached hydrogens (tertiary/aromatic N) is 2. The zero-order valence-electron chi connectivity index (χ0n) is 13.3. The summed E-state index contributed by atoms with van der Waals surface area (Å²) >= 11 is 0. The van der Waals surface area contributed by atoms with Gasteiger partial charge in [-0.25, -0.2) is 0 Å². The van der Waals surface area contributed by atoms with Gasteiger partial charge in [0.25, 0.3) is 0 Å². The number of carbonyl (C=O) groups excluding carboxylic acids is 1. The molecule has 0 unspecified atom stereocenters. The predicted molar refractivity (Wildman–Crippen MR) is 84.4 cm³/mol. The highest BCUT2D eigenvalue weighted by Gasteiger charge is 2.21. The minimum absolute atomic E-state index is 0.0521. The van der Waals surface area contributed by atoms with Crippen LogP contribution in [0.2, 0.25) is 0 Å². The summed E-state index contributed by atoms with van der Waals surface area (Å²) in [6.45, 7) is 7.42. The molecule has 1 aromatic rings. The van der Waals surface area contributed by atoms with E-state index >= 15 is 0 Å². The minimum Gasteiger partial charge on any atom is -0.322 e. The maximum Gasteiger partial charge on any atom is 0.238 e. The van der Waals surface area contributed by atoms with Crippen LogP contribution in [0.25, 0.3) is 0 Å². The molecule has 2 heterocycles. The highest BCUT2D eigenvalue weighted by Crippen LogP contribution is 2.20. The average molecular weight is 293 g/mol. The molecule has 6 heteroatoms. The monoisotopic (exact) mass is 293 g/mol. The van der Waals surface area contributed by atoms with E-state index in [1.165, 1.54) is 19.3 Å².